The van der Waals surface area contributed by atoms with E-state index in [1.165, 1.54) is 0 Å². The number of hydrogen-bond donors (Lipinski definition) is 15. The van der Waals surface area contributed by atoms with Gasteiger partial charge < -0.3 is 110 Å². The van der Waals surface area contributed by atoms with Gasteiger partial charge in [0.1, 0.15) is 115 Å². The van der Waals surface area contributed by atoms with E-state index >= 15 is 0 Å². The Morgan fingerprint density at radius 1 is 0.491 bits per heavy atom. The fraction of sp³-hybridized carbons (Fsp3) is 0.967. The van der Waals surface area contributed by atoms with Crippen molar-refractivity contribution >= 4 is 5.97 Å². The minimum Gasteiger partial charge on any atom is -0.463 e. The summed E-state index contributed by atoms with van der Waals surface area (Å²) in [6.45, 7) is -3.76. The smallest absolute Gasteiger partial charge is 0.302 e. The zero-order valence-corrected chi connectivity index (χ0v) is 28.8. The summed E-state index contributed by atoms with van der Waals surface area (Å²) >= 11 is 0. The first-order valence-electron chi connectivity index (χ1n) is 16.8. The quantitative estimate of drug-likeness (QED) is 0.0686. The largest absolute Gasteiger partial charge is 0.463 e. The fourth-order valence-corrected chi connectivity index (χ4v) is 6.31. The molecule has 53 heavy (non-hydrogen) atoms. The lowest BCUT2D eigenvalue weighted by atomic mass is 9.95. The summed E-state index contributed by atoms with van der Waals surface area (Å²) in [4.78, 5) is 10.9. The second kappa shape index (κ2) is 20.2. The average molecular weight is 783 g/mol. The van der Waals surface area contributed by atoms with Crippen molar-refractivity contribution in [3.05, 3.63) is 0 Å². The monoisotopic (exact) mass is 782 g/mol. The lowest BCUT2D eigenvalue weighted by molar-refractivity contribution is -0.245. The molecule has 0 amide bonds. The average Bonchev–Trinajstić information content (AvgIpc) is 3.54. The van der Waals surface area contributed by atoms with Crippen LogP contribution >= 0.6 is 0 Å². The molecule has 0 spiro atoms. The van der Waals surface area contributed by atoms with Crippen molar-refractivity contribution in [3.8, 4) is 0 Å². The highest BCUT2D eigenvalue weighted by Crippen LogP contribution is 2.33. The zero-order chi connectivity index (χ0) is 39.8. The molecule has 312 valence electrons. The fourth-order valence-electron chi connectivity index (χ4n) is 6.31. The van der Waals surface area contributed by atoms with Crippen LogP contribution in [-0.4, -0.2) is 258 Å². The number of aliphatic hydroxyl groups is 15. The Kier molecular flexibility index (Phi) is 17.5. The van der Waals surface area contributed by atoms with Crippen LogP contribution in [0.5, 0.6) is 0 Å². The second-order valence-electron chi connectivity index (χ2n) is 13.4. The summed E-state index contributed by atoms with van der Waals surface area (Å²) < 4.78 is 36.8. The minimum atomic E-state index is -1.69. The van der Waals surface area contributed by atoms with Gasteiger partial charge in [-0.2, -0.15) is 0 Å². The Morgan fingerprint density at radius 3 is 1.15 bits per heavy atom. The van der Waals surface area contributed by atoms with Gasteiger partial charge in [0, 0.05) is 6.92 Å². The first-order valence-corrected chi connectivity index (χ1v) is 16.8. The molecule has 15 N–H and O–H groups in total. The van der Waals surface area contributed by atoms with Gasteiger partial charge in [0.25, 0.3) is 0 Å². The summed E-state index contributed by atoms with van der Waals surface area (Å²) in [5.74, 6) is -0.613. The molecule has 0 radical (unpaired) electrons. The Balaban J connectivity index is 0.000000287. The van der Waals surface area contributed by atoms with Crippen LogP contribution in [0.2, 0.25) is 0 Å². The predicted molar refractivity (Wildman–Crippen MR) is 166 cm³/mol. The lowest BCUT2D eigenvalue weighted by Crippen LogP contribution is -2.60. The Morgan fingerprint density at radius 2 is 0.830 bits per heavy atom. The maximum Gasteiger partial charge on any atom is 0.302 e. The summed E-state index contributed by atoms with van der Waals surface area (Å²) in [5.41, 5.74) is -3.36. The summed E-state index contributed by atoms with van der Waals surface area (Å²) in [6.07, 6.45) is -21.5. The lowest BCUT2D eigenvalue weighted by Gasteiger charge is -2.40. The van der Waals surface area contributed by atoms with Gasteiger partial charge in [-0.3, -0.25) is 4.79 Å². The SMILES string of the molecule is CC(=O)OCC1O[C@H](COC[C@]2(CO)O[C@H](CO)C(O)[C@H]2O)C(O)[C@H](O)[C@@H]1O.OCC1O[C@H](COC[C@]2(CO)O[C@H](CO)C(O)[C@H]2O)C(O)[C@H](O)[C@@H]1O. The number of aliphatic hydroxyl groups excluding tert-OH is 15. The van der Waals surface area contributed by atoms with Crippen LogP contribution in [0.4, 0.5) is 0 Å². The van der Waals surface area contributed by atoms with Gasteiger partial charge in [-0.25, -0.2) is 0 Å². The Labute approximate surface area is 302 Å². The predicted octanol–water partition coefficient (Wildman–Crippen LogP) is -10.1. The molecule has 0 bridgehead atoms. The highest BCUT2D eigenvalue weighted by Gasteiger charge is 2.55. The van der Waals surface area contributed by atoms with Crippen LogP contribution in [0, 0.1) is 0 Å². The van der Waals surface area contributed by atoms with E-state index in [4.69, 9.17) is 48.5 Å². The van der Waals surface area contributed by atoms with Crippen molar-refractivity contribution < 1.29 is 115 Å². The summed E-state index contributed by atoms with van der Waals surface area (Å²) in [5, 5.41) is 146. The van der Waals surface area contributed by atoms with Crippen molar-refractivity contribution in [1.29, 1.82) is 0 Å². The number of hydrogen-bond acceptors (Lipinski definition) is 23. The van der Waals surface area contributed by atoms with E-state index in [-0.39, 0.29) is 19.8 Å². The molecule has 0 saturated carbocycles. The van der Waals surface area contributed by atoms with E-state index in [2.05, 4.69) is 0 Å². The van der Waals surface area contributed by atoms with Crippen molar-refractivity contribution in [3.63, 3.8) is 0 Å². The first-order chi connectivity index (χ1) is 25.0. The molecule has 18 atom stereocenters. The normalized spacial score (nSPS) is 45.8. The van der Waals surface area contributed by atoms with Crippen molar-refractivity contribution in [1.82, 2.24) is 0 Å². The molecule has 4 aliphatic heterocycles. The maximum atomic E-state index is 10.9. The van der Waals surface area contributed by atoms with E-state index in [1.807, 2.05) is 0 Å². The molecule has 23 nitrogen and oxygen atoms in total. The van der Waals surface area contributed by atoms with Gasteiger partial charge in [-0.15, -0.1) is 0 Å². The van der Waals surface area contributed by atoms with Crippen LogP contribution in [0.3, 0.4) is 0 Å². The molecule has 6 unspecified atom stereocenters. The Hall–Kier alpha value is -1.37. The third kappa shape index (κ3) is 10.3. The van der Waals surface area contributed by atoms with Crippen molar-refractivity contribution in [2.24, 2.45) is 0 Å². The molecule has 4 aliphatic rings. The van der Waals surface area contributed by atoms with Crippen LogP contribution in [0.15, 0.2) is 0 Å². The van der Waals surface area contributed by atoms with Crippen LogP contribution in [0.25, 0.3) is 0 Å². The number of carbonyl (C=O) groups is 1. The van der Waals surface area contributed by atoms with Crippen molar-refractivity contribution in [2.75, 3.05) is 66.1 Å². The van der Waals surface area contributed by atoms with Gasteiger partial charge in [0.05, 0.1) is 59.5 Å². The molecule has 0 aromatic heterocycles. The maximum absolute atomic E-state index is 10.9. The van der Waals surface area contributed by atoms with Gasteiger partial charge in [-0.1, -0.05) is 0 Å². The summed E-state index contributed by atoms with van der Waals surface area (Å²) in [6, 6.07) is 0. The highest BCUT2D eigenvalue weighted by molar-refractivity contribution is 5.65. The van der Waals surface area contributed by atoms with E-state index in [0.717, 1.165) is 6.92 Å². The molecule has 4 fully saturated rings. The molecular formula is C30H54O23. The number of esters is 1. The van der Waals surface area contributed by atoms with E-state index in [1.54, 1.807) is 0 Å². The van der Waals surface area contributed by atoms with E-state index in [0.29, 0.717) is 0 Å². The number of rotatable bonds is 15. The number of ether oxygens (including phenoxy) is 7. The van der Waals surface area contributed by atoms with Crippen LogP contribution in [0.1, 0.15) is 6.92 Å². The third-order valence-electron chi connectivity index (χ3n) is 9.66. The highest BCUT2D eigenvalue weighted by atomic mass is 16.6. The second-order valence-corrected chi connectivity index (χ2v) is 13.4. The van der Waals surface area contributed by atoms with Crippen molar-refractivity contribution in [2.45, 2.75) is 116 Å². The topological polar surface area (TPSA) is 385 Å². The number of carbonyl (C=O) groups excluding carboxylic acids is 1. The van der Waals surface area contributed by atoms with Crippen LogP contribution in [-0.2, 0) is 38.0 Å². The molecule has 0 aliphatic carbocycles. The molecule has 4 saturated heterocycles. The first kappa shape index (κ1) is 46.0. The molecule has 4 rings (SSSR count). The van der Waals surface area contributed by atoms with E-state index < -0.39 is 161 Å². The zero-order valence-electron chi connectivity index (χ0n) is 28.8. The molecule has 0 aromatic carbocycles. The van der Waals surface area contributed by atoms with Gasteiger partial charge in [-0.05, 0) is 0 Å². The summed E-state index contributed by atoms with van der Waals surface area (Å²) in [7, 11) is 0. The van der Waals surface area contributed by atoms with Gasteiger partial charge >= 0.3 is 5.97 Å². The standard InChI is InChI=1S/C16H28O12.C14H26O11/c1-7(19)26-4-10-12(21)14(23)11(20)9(27-10)3-25-6-16(5-18)15(24)13(22)8(2-17)28-16;15-1-6-9(18)12(21)10(19)8(24-6)3-23-5-14(4-17)13(22)11(20)7(2-16)25-14/h8-15,17-18,20-24H,2-6H2,1H3;6-13,15-22H,1-5H2/t8-,9-,10?,11?,12-,13?,14+,15-,16+;6?,7-,8-,9-,10?,11?,12-,13-,14+/m11/s1. The van der Waals surface area contributed by atoms with Crippen LogP contribution < -0.4 is 0 Å². The van der Waals surface area contributed by atoms with Gasteiger partial charge in [0.15, 0.2) is 0 Å². The molecule has 0 aromatic rings. The molecule has 23 heteroatoms. The van der Waals surface area contributed by atoms with Gasteiger partial charge in [0.2, 0.25) is 0 Å². The van der Waals surface area contributed by atoms with E-state index in [9.17, 15) is 66.1 Å². The Bertz CT molecular complexity index is 1100. The molecular weight excluding hydrogens is 728 g/mol. The minimum absolute atomic E-state index is 0.306. The molecule has 4 heterocycles. The third-order valence-corrected chi connectivity index (χ3v) is 9.66.